The topological polar surface area (TPSA) is 43.8 Å². The molecule has 0 aliphatic heterocycles. The van der Waals surface area contributed by atoms with Gasteiger partial charge in [-0.25, -0.2) is 4.68 Å². The van der Waals surface area contributed by atoms with Gasteiger partial charge in [0.2, 0.25) is 0 Å². The summed E-state index contributed by atoms with van der Waals surface area (Å²) < 4.78 is 2.87. The number of benzene rings is 1. The highest BCUT2D eigenvalue weighted by atomic mass is 79.9. The van der Waals surface area contributed by atoms with E-state index in [1.54, 1.807) is 0 Å². The molecule has 1 aromatic heterocycles. The lowest BCUT2D eigenvalue weighted by atomic mass is 10.2. The normalized spacial score (nSPS) is 10.6. The highest BCUT2D eigenvalue weighted by molar-refractivity contribution is 9.10. The minimum Gasteiger partial charge on any atom is -0.326 e. The fourth-order valence-corrected chi connectivity index (χ4v) is 2.03. The van der Waals surface area contributed by atoms with Gasteiger partial charge in [-0.3, -0.25) is 0 Å². The Morgan fingerprint density at radius 3 is 2.80 bits per heavy atom. The lowest BCUT2D eigenvalue weighted by Crippen LogP contribution is -2.05. The highest BCUT2D eigenvalue weighted by Gasteiger charge is 2.07. The molecule has 0 aliphatic rings. The zero-order valence-electron chi connectivity index (χ0n) is 8.44. The van der Waals surface area contributed by atoms with E-state index in [-0.39, 0.29) is 0 Å². The molecule has 0 bridgehead atoms. The van der Waals surface area contributed by atoms with Crippen LogP contribution in [0.5, 0.6) is 0 Å². The molecule has 1 heterocycles. The number of aromatic nitrogens is 2. The summed E-state index contributed by atoms with van der Waals surface area (Å²) in [5.74, 6) is 0. The van der Waals surface area contributed by atoms with E-state index in [4.69, 9.17) is 5.73 Å². The summed E-state index contributed by atoms with van der Waals surface area (Å²) in [6.07, 6.45) is 1.94. The molecule has 0 radical (unpaired) electrons. The van der Waals surface area contributed by atoms with E-state index in [2.05, 4.69) is 21.0 Å². The Balaban J connectivity index is 2.57. The third kappa shape index (κ3) is 1.96. The van der Waals surface area contributed by atoms with Crippen LogP contribution in [0.15, 0.2) is 34.9 Å². The average molecular weight is 266 g/mol. The Hall–Kier alpha value is -1.13. The summed E-state index contributed by atoms with van der Waals surface area (Å²) >= 11 is 3.49. The van der Waals surface area contributed by atoms with Crippen molar-refractivity contribution < 1.29 is 0 Å². The Bertz CT molecular complexity index is 476. The number of nitrogens with two attached hydrogens (primary N) is 1. The summed E-state index contributed by atoms with van der Waals surface area (Å²) in [6.45, 7) is 2.46. The highest BCUT2D eigenvalue weighted by Crippen LogP contribution is 2.22. The molecule has 0 fully saturated rings. The van der Waals surface area contributed by atoms with Crippen LogP contribution in [0, 0.1) is 6.92 Å². The van der Waals surface area contributed by atoms with Crippen LogP contribution in [0.25, 0.3) is 5.69 Å². The van der Waals surface area contributed by atoms with Crippen molar-refractivity contribution >= 4 is 15.9 Å². The Morgan fingerprint density at radius 1 is 1.40 bits per heavy atom. The van der Waals surface area contributed by atoms with E-state index in [1.807, 2.05) is 42.1 Å². The zero-order valence-corrected chi connectivity index (χ0v) is 10.0. The van der Waals surface area contributed by atoms with Crippen molar-refractivity contribution in [3.05, 3.63) is 46.2 Å². The number of halogens is 1. The first-order chi connectivity index (χ1) is 7.22. The first-order valence-corrected chi connectivity index (χ1v) is 5.52. The Kier molecular flexibility index (Phi) is 2.88. The maximum absolute atomic E-state index is 5.72. The zero-order chi connectivity index (χ0) is 10.8. The molecule has 2 N–H and O–H groups in total. The third-order valence-corrected chi connectivity index (χ3v) is 3.01. The molecule has 0 saturated carbocycles. The standard InChI is InChI=1S/C11H12BrN3/c1-8-5-6-15(14-8)11-4-2-3-10(12)9(11)7-13/h2-6H,7,13H2,1H3. The van der Waals surface area contributed by atoms with E-state index in [0.29, 0.717) is 6.54 Å². The minimum absolute atomic E-state index is 0.496. The van der Waals surface area contributed by atoms with Crippen LogP contribution < -0.4 is 5.73 Å². The van der Waals surface area contributed by atoms with Crippen LogP contribution >= 0.6 is 15.9 Å². The maximum atomic E-state index is 5.72. The van der Waals surface area contributed by atoms with Gasteiger partial charge in [-0.15, -0.1) is 0 Å². The van der Waals surface area contributed by atoms with Gasteiger partial charge in [0.1, 0.15) is 0 Å². The van der Waals surface area contributed by atoms with Gasteiger partial charge < -0.3 is 5.73 Å². The van der Waals surface area contributed by atoms with Gasteiger partial charge in [0.25, 0.3) is 0 Å². The van der Waals surface area contributed by atoms with E-state index < -0.39 is 0 Å². The predicted molar refractivity (Wildman–Crippen MR) is 63.9 cm³/mol. The Labute approximate surface area is 97.0 Å². The monoisotopic (exact) mass is 265 g/mol. The van der Waals surface area contributed by atoms with Gasteiger partial charge in [0.05, 0.1) is 11.4 Å². The van der Waals surface area contributed by atoms with Crippen LogP contribution in [-0.2, 0) is 6.54 Å². The molecule has 0 atom stereocenters. The molecule has 1 aromatic carbocycles. The third-order valence-electron chi connectivity index (χ3n) is 2.27. The van der Waals surface area contributed by atoms with Gasteiger partial charge in [0.15, 0.2) is 0 Å². The van der Waals surface area contributed by atoms with Crippen LogP contribution in [-0.4, -0.2) is 9.78 Å². The van der Waals surface area contributed by atoms with Gasteiger partial charge >= 0.3 is 0 Å². The van der Waals surface area contributed by atoms with Crippen molar-refractivity contribution in [3.63, 3.8) is 0 Å². The second-order valence-electron chi connectivity index (χ2n) is 3.34. The summed E-state index contributed by atoms with van der Waals surface area (Å²) in [7, 11) is 0. The first-order valence-electron chi connectivity index (χ1n) is 4.72. The van der Waals surface area contributed by atoms with E-state index in [0.717, 1.165) is 21.4 Å². The van der Waals surface area contributed by atoms with Gasteiger partial charge in [-0.2, -0.15) is 5.10 Å². The van der Waals surface area contributed by atoms with E-state index >= 15 is 0 Å². The molecule has 2 rings (SSSR count). The fraction of sp³-hybridized carbons (Fsp3) is 0.182. The molecule has 0 unspecified atom stereocenters. The summed E-state index contributed by atoms with van der Waals surface area (Å²) in [6, 6.07) is 7.96. The number of nitrogens with zero attached hydrogens (tertiary/aromatic N) is 2. The van der Waals surface area contributed by atoms with Crippen molar-refractivity contribution in [2.45, 2.75) is 13.5 Å². The lowest BCUT2D eigenvalue weighted by Gasteiger charge is -2.09. The molecule has 4 heteroatoms. The molecule has 0 aliphatic carbocycles. The van der Waals surface area contributed by atoms with Crippen molar-refractivity contribution in [2.75, 3.05) is 0 Å². The van der Waals surface area contributed by atoms with Crippen molar-refractivity contribution in [2.24, 2.45) is 5.73 Å². The van der Waals surface area contributed by atoms with Gasteiger partial charge in [-0.05, 0) is 25.1 Å². The predicted octanol–water partition coefficient (Wildman–Crippen LogP) is 2.40. The quantitative estimate of drug-likeness (QED) is 0.907. The second kappa shape index (κ2) is 4.16. The van der Waals surface area contributed by atoms with Gasteiger partial charge in [0, 0.05) is 22.8 Å². The van der Waals surface area contributed by atoms with Crippen molar-refractivity contribution in [3.8, 4) is 5.69 Å². The minimum atomic E-state index is 0.496. The molecule has 0 spiro atoms. The van der Waals surface area contributed by atoms with Crippen molar-refractivity contribution in [1.29, 1.82) is 0 Å². The number of rotatable bonds is 2. The number of aryl methyl sites for hydroxylation is 1. The lowest BCUT2D eigenvalue weighted by molar-refractivity contribution is 0.842. The van der Waals surface area contributed by atoms with Crippen LogP contribution in [0.2, 0.25) is 0 Å². The number of hydrogen-bond donors (Lipinski definition) is 1. The largest absolute Gasteiger partial charge is 0.326 e. The first kappa shape index (κ1) is 10.4. The van der Waals surface area contributed by atoms with Crippen molar-refractivity contribution in [1.82, 2.24) is 9.78 Å². The average Bonchev–Trinajstić information content (AvgIpc) is 2.64. The smallest absolute Gasteiger partial charge is 0.0701 e. The molecular weight excluding hydrogens is 254 g/mol. The van der Waals surface area contributed by atoms with E-state index in [1.165, 1.54) is 0 Å². The second-order valence-corrected chi connectivity index (χ2v) is 4.20. The SMILES string of the molecule is Cc1ccn(-c2cccc(Br)c2CN)n1. The maximum Gasteiger partial charge on any atom is 0.0701 e. The van der Waals surface area contributed by atoms with Crippen LogP contribution in [0.4, 0.5) is 0 Å². The molecule has 0 amide bonds. The van der Waals surface area contributed by atoms with Gasteiger partial charge in [-0.1, -0.05) is 22.0 Å². The molecule has 0 saturated heterocycles. The van der Waals surface area contributed by atoms with Crippen LogP contribution in [0.1, 0.15) is 11.3 Å². The molecule has 2 aromatic rings. The molecule has 15 heavy (non-hydrogen) atoms. The number of hydrogen-bond acceptors (Lipinski definition) is 2. The summed E-state index contributed by atoms with van der Waals surface area (Å²) in [5.41, 5.74) is 8.82. The van der Waals surface area contributed by atoms with Crippen LogP contribution in [0.3, 0.4) is 0 Å². The Morgan fingerprint density at radius 2 is 2.20 bits per heavy atom. The summed E-state index contributed by atoms with van der Waals surface area (Å²) in [5, 5.41) is 4.37. The molecule has 3 nitrogen and oxygen atoms in total. The molecule has 78 valence electrons. The fourth-order valence-electron chi connectivity index (χ4n) is 1.51. The van der Waals surface area contributed by atoms with E-state index in [9.17, 15) is 0 Å². The summed E-state index contributed by atoms with van der Waals surface area (Å²) in [4.78, 5) is 0. The molecular formula is C11H12BrN3.